The number of rotatable bonds is 4. The van der Waals surface area contributed by atoms with Crippen LogP contribution in [0.3, 0.4) is 0 Å². The molecule has 4 atom stereocenters. The van der Waals surface area contributed by atoms with Gasteiger partial charge in [-0.1, -0.05) is 17.7 Å². The lowest BCUT2D eigenvalue weighted by Gasteiger charge is -2.41. The zero-order chi connectivity index (χ0) is 18.5. The molecule has 9 heteroatoms. The molecule has 1 unspecified atom stereocenters. The molecule has 0 aromatic heterocycles. The lowest BCUT2D eigenvalue weighted by atomic mass is 10.1. The summed E-state index contributed by atoms with van der Waals surface area (Å²) in [6.07, 6.45) is 0.516. The van der Waals surface area contributed by atoms with E-state index in [0.717, 1.165) is 5.56 Å². The van der Waals surface area contributed by atoms with E-state index in [9.17, 15) is 13.2 Å². The molecule has 1 aromatic rings. The zero-order valence-corrected chi connectivity index (χ0v) is 15.2. The molecule has 2 saturated heterocycles. The Morgan fingerprint density at radius 3 is 2.69 bits per heavy atom. The van der Waals surface area contributed by atoms with E-state index in [1.165, 1.54) is 12.1 Å². The van der Waals surface area contributed by atoms with E-state index in [1.54, 1.807) is 30.2 Å². The fourth-order valence-corrected chi connectivity index (χ4v) is 4.18. The van der Waals surface area contributed by atoms with Gasteiger partial charge >= 0.3 is 0 Å². The van der Waals surface area contributed by atoms with Crippen molar-refractivity contribution < 1.29 is 26.9 Å². The number of amides is 1. The van der Waals surface area contributed by atoms with Gasteiger partial charge < -0.3 is 19.7 Å². The van der Waals surface area contributed by atoms with Gasteiger partial charge in [0.25, 0.3) is 16.0 Å². The Hall–Kier alpha value is -1.94. The highest BCUT2D eigenvalue weighted by Gasteiger charge is 2.48. The first kappa shape index (κ1) is 17.5. The summed E-state index contributed by atoms with van der Waals surface area (Å²) in [6, 6.07) is 6.46. The minimum atomic E-state index is -3.87. The highest BCUT2D eigenvalue weighted by Crippen LogP contribution is 2.35. The number of carbonyl (C=O) groups is 1. The van der Waals surface area contributed by atoms with Gasteiger partial charge in [-0.3, -0.25) is 8.98 Å². The summed E-state index contributed by atoms with van der Waals surface area (Å²) in [7, 11) is -3.87. The Kier molecular flexibility index (Phi) is 4.26. The van der Waals surface area contributed by atoms with Crippen LogP contribution in [0.4, 0.5) is 0 Å². The van der Waals surface area contributed by atoms with Gasteiger partial charge in [0.1, 0.15) is 12.3 Å². The van der Waals surface area contributed by atoms with Gasteiger partial charge in [0.05, 0.1) is 17.6 Å². The molecule has 0 spiro atoms. The molecule has 1 amide bonds. The molecule has 3 aliphatic heterocycles. The Labute approximate surface area is 151 Å². The van der Waals surface area contributed by atoms with Crippen LogP contribution in [0.1, 0.15) is 18.9 Å². The first-order chi connectivity index (χ1) is 12.3. The molecule has 3 aliphatic rings. The molecule has 1 N–H and O–H groups in total. The van der Waals surface area contributed by atoms with Crippen LogP contribution in [-0.2, 0) is 28.6 Å². The number of nitrogens with zero attached hydrogens (tertiary/aromatic N) is 1. The zero-order valence-electron chi connectivity index (χ0n) is 14.4. The smallest absolute Gasteiger partial charge is 0.297 e. The van der Waals surface area contributed by atoms with Crippen molar-refractivity contribution in [3.63, 3.8) is 0 Å². The van der Waals surface area contributed by atoms with Gasteiger partial charge in [0, 0.05) is 18.2 Å². The molecule has 2 bridgehead atoms. The summed E-state index contributed by atoms with van der Waals surface area (Å²) in [4.78, 5) is 13.7. The number of hydrogen-bond donors (Lipinski definition) is 1. The molecule has 0 radical (unpaired) electrons. The van der Waals surface area contributed by atoms with E-state index in [4.69, 9.17) is 13.7 Å². The maximum Gasteiger partial charge on any atom is 0.297 e. The monoisotopic (exact) mass is 380 g/mol. The number of carbonyl (C=O) groups excluding carboxylic acids is 1. The van der Waals surface area contributed by atoms with Gasteiger partial charge in [-0.25, -0.2) is 0 Å². The third-order valence-corrected chi connectivity index (χ3v) is 6.04. The van der Waals surface area contributed by atoms with Gasteiger partial charge in [0.2, 0.25) is 6.35 Å². The fraction of sp³-hybridized carbons (Fsp3) is 0.471. The number of benzene rings is 1. The Morgan fingerprint density at radius 1 is 1.23 bits per heavy atom. The minimum absolute atomic E-state index is 0.105. The highest BCUT2D eigenvalue weighted by molar-refractivity contribution is 7.86. The topological polar surface area (TPSA) is 94.2 Å². The van der Waals surface area contributed by atoms with Crippen LogP contribution >= 0.6 is 0 Å². The minimum Gasteiger partial charge on any atom is -0.350 e. The van der Waals surface area contributed by atoms with Gasteiger partial charge in [-0.15, -0.1) is 0 Å². The Morgan fingerprint density at radius 2 is 1.96 bits per heavy atom. The van der Waals surface area contributed by atoms with E-state index in [-0.39, 0.29) is 29.7 Å². The third-order valence-electron chi connectivity index (χ3n) is 4.74. The average molecular weight is 380 g/mol. The second kappa shape index (κ2) is 6.34. The predicted octanol–water partition coefficient (Wildman–Crippen LogP) is 0.833. The second-order valence-corrected chi connectivity index (χ2v) is 8.29. The van der Waals surface area contributed by atoms with Crippen molar-refractivity contribution in [2.24, 2.45) is 0 Å². The van der Waals surface area contributed by atoms with Crippen molar-refractivity contribution in [3.8, 4) is 0 Å². The molecule has 3 heterocycles. The summed E-state index contributed by atoms with van der Waals surface area (Å²) in [5.41, 5.74) is 1.53. The van der Waals surface area contributed by atoms with E-state index in [1.807, 2.05) is 6.92 Å². The average Bonchev–Trinajstić information content (AvgIpc) is 2.93. The predicted molar refractivity (Wildman–Crippen MR) is 90.0 cm³/mol. The fourth-order valence-electron chi connectivity index (χ4n) is 3.26. The van der Waals surface area contributed by atoms with Crippen molar-refractivity contribution in [1.29, 1.82) is 0 Å². The summed E-state index contributed by atoms with van der Waals surface area (Å²) in [6.45, 7) is 3.45. The first-order valence-corrected chi connectivity index (χ1v) is 9.78. The van der Waals surface area contributed by atoms with Gasteiger partial charge in [-0.05, 0) is 26.0 Å². The highest BCUT2D eigenvalue weighted by atomic mass is 32.2. The van der Waals surface area contributed by atoms with Gasteiger partial charge in [0.15, 0.2) is 0 Å². The molecule has 1 aromatic carbocycles. The van der Waals surface area contributed by atoms with Gasteiger partial charge in [-0.2, -0.15) is 8.42 Å². The summed E-state index contributed by atoms with van der Waals surface area (Å²) in [5.74, 6) is -0.192. The first-order valence-electron chi connectivity index (χ1n) is 8.37. The van der Waals surface area contributed by atoms with E-state index in [0.29, 0.717) is 12.0 Å². The number of nitrogens with one attached hydrogen (secondary N) is 1. The number of fused-ring (bicyclic) bond motifs is 4. The summed E-state index contributed by atoms with van der Waals surface area (Å²) in [5, 5.41) is 2.75. The van der Waals surface area contributed by atoms with Crippen molar-refractivity contribution >= 4 is 16.0 Å². The van der Waals surface area contributed by atoms with E-state index >= 15 is 0 Å². The van der Waals surface area contributed by atoms with Crippen LogP contribution in [0.25, 0.3) is 0 Å². The molecule has 8 nitrogen and oxygen atoms in total. The molecule has 2 fully saturated rings. The number of aryl methyl sites for hydroxylation is 1. The SMILES string of the molecule is CC1=CN2C(NC1=O)O[C@@H]1C[C@H]2O[C@@H]1COS(=O)(=O)c1ccc(C)cc1. The molecule has 0 saturated carbocycles. The normalized spacial score (nSPS) is 30.6. The summed E-state index contributed by atoms with van der Waals surface area (Å²) < 4.78 is 41.6. The van der Waals surface area contributed by atoms with Crippen LogP contribution in [0.15, 0.2) is 40.9 Å². The third kappa shape index (κ3) is 3.11. The quantitative estimate of drug-likeness (QED) is 0.774. The lowest BCUT2D eigenvalue weighted by Crippen LogP contribution is -2.58. The lowest BCUT2D eigenvalue weighted by molar-refractivity contribution is -0.163. The summed E-state index contributed by atoms with van der Waals surface area (Å²) >= 11 is 0. The van der Waals surface area contributed by atoms with Crippen molar-refractivity contribution in [3.05, 3.63) is 41.6 Å². The molecule has 140 valence electrons. The molecule has 0 aliphatic carbocycles. The number of ether oxygens (including phenoxy) is 2. The standard InChI is InChI=1S/C17H20N2O6S/c1-10-3-5-12(6-4-10)26(21,22)23-9-14-13-7-15(24-14)19-8-11(2)16(20)18-17(19)25-13/h3-6,8,13-15,17H,7,9H2,1-2H3,(H,18,20)/t13-,14-,15-,17?/m1/s1. The number of hydrogen-bond acceptors (Lipinski definition) is 7. The maximum atomic E-state index is 12.3. The molecular formula is C17H20N2O6S. The molecule has 26 heavy (non-hydrogen) atoms. The maximum absolute atomic E-state index is 12.3. The van der Waals surface area contributed by atoms with Crippen molar-refractivity contribution in [1.82, 2.24) is 10.2 Å². The largest absolute Gasteiger partial charge is 0.350 e. The molecule has 4 rings (SSSR count). The van der Waals surface area contributed by atoms with Crippen LogP contribution in [0, 0.1) is 6.92 Å². The van der Waals surface area contributed by atoms with Crippen LogP contribution in [0.5, 0.6) is 0 Å². The van der Waals surface area contributed by atoms with Crippen molar-refractivity contribution in [2.75, 3.05) is 6.61 Å². The van der Waals surface area contributed by atoms with Crippen LogP contribution in [-0.4, -0.2) is 50.6 Å². The second-order valence-electron chi connectivity index (χ2n) is 6.68. The molecular weight excluding hydrogens is 360 g/mol. The Bertz CT molecular complexity index is 851. The van der Waals surface area contributed by atoms with Crippen LogP contribution in [0.2, 0.25) is 0 Å². The van der Waals surface area contributed by atoms with Crippen LogP contribution < -0.4 is 5.32 Å². The van der Waals surface area contributed by atoms with E-state index in [2.05, 4.69) is 5.32 Å². The Balaban J connectivity index is 1.43. The van der Waals surface area contributed by atoms with E-state index < -0.39 is 22.6 Å². The van der Waals surface area contributed by atoms with Crippen molar-refractivity contribution in [2.45, 2.75) is 50.0 Å².